The summed E-state index contributed by atoms with van der Waals surface area (Å²) in [5.74, 6) is -1.40. The topological polar surface area (TPSA) is 52.6 Å². The van der Waals surface area contributed by atoms with Crippen LogP contribution in [-0.4, -0.2) is 25.2 Å². The Labute approximate surface area is 82.5 Å². The van der Waals surface area contributed by atoms with Gasteiger partial charge in [-0.3, -0.25) is 0 Å². The van der Waals surface area contributed by atoms with E-state index in [-0.39, 0.29) is 13.2 Å². The van der Waals surface area contributed by atoms with Gasteiger partial charge in [0.2, 0.25) is 0 Å². The normalized spacial score (nSPS) is 9.43. The van der Waals surface area contributed by atoms with Crippen LogP contribution in [0, 0.1) is 6.08 Å². The highest BCUT2D eigenvalue weighted by molar-refractivity contribution is 5.88. The minimum Gasteiger partial charge on any atom is -0.458 e. The number of carbonyl (C=O) groups excluding carboxylic acids is 2. The molecule has 0 rings (SSSR count). The Morgan fingerprint density at radius 3 is 2.29 bits per heavy atom. The maximum Gasteiger partial charge on any atom is 0.339 e. The van der Waals surface area contributed by atoms with Gasteiger partial charge in [0, 0.05) is 6.08 Å². The molecule has 75 valence electrons. The standard InChI is InChI=1S/C10H11O4/c1-3-7-13-9(11)5-6-10(12)14-8-4-2/h3-5H,1-2,7-8H2. The molecule has 0 saturated heterocycles. The SMILES string of the molecule is C=CCOC(=O)/[C]=C/C(=O)OCC=C. The van der Waals surface area contributed by atoms with E-state index in [9.17, 15) is 9.59 Å². The van der Waals surface area contributed by atoms with Gasteiger partial charge in [0.25, 0.3) is 0 Å². The van der Waals surface area contributed by atoms with Crippen LogP contribution in [0.25, 0.3) is 0 Å². The Balaban J connectivity index is 3.78. The first-order chi connectivity index (χ1) is 6.70. The summed E-state index contributed by atoms with van der Waals surface area (Å²) in [6, 6.07) is 0. The van der Waals surface area contributed by atoms with E-state index in [2.05, 4.69) is 28.7 Å². The fourth-order valence-electron chi connectivity index (χ4n) is 0.477. The Morgan fingerprint density at radius 2 is 1.71 bits per heavy atom. The van der Waals surface area contributed by atoms with Gasteiger partial charge in [-0.25, -0.2) is 9.59 Å². The van der Waals surface area contributed by atoms with Crippen molar-refractivity contribution in [3.05, 3.63) is 37.5 Å². The lowest BCUT2D eigenvalue weighted by atomic mass is 10.5. The number of rotatable bonds is 6. The third-order valence-corrected chi connectivity index (χ3v) is 0.984. The van der Waals surface area contributed by atoms with E-state index in [0.29, 0.717) is 0 Å². The summed E-state index contributed by atoms with van der Waals surface area (Å²) < 4.78 is 9.06. The van der Waals surface area contributed by atoms with Crippen molar-refractivity contribution < 1.29 is 19.1 Å². The molecule has 0 aromatic carbocycles. The predicted octanol–water partition coefficient (Wildman–Crippen LogP) is 0.804. The fraction of sp³-hybridized carbons (Fsp3) is 0.200. The summed E-state index contributed by atoms with van der Waals surface area (Å²) in [6.45, 7) is 6.89. The van der Waals surface area contributed by atoms with Crippen LogP contribution < -0.4 is 0 Å². The van der Waals surface area contributed by atoms with E-state index in [0.717, 1.165) is 6.08 Å². The Hall–Kier alpha value is -1.84. The van der Waals surface area contributed by atoms with Crippen LogP contribution in [0.15, 0.2) is 31.4 Å². The molecule has 0 amide bonds. The van der Waals surface area contributed by atoms with Crippen LogP contribution in [0.5, 0.6) is 0 Å². The van der Waals surface area contributed by atoms with Crippen LogP contribution in [0.1, 0.15) is 0 Å². The van der Waals surface area contributed by atoms with Crippen LogP contribution in [0.3, 0.4) is 0 Å². The van der Waals surface area contributed by atoms with E-state index >= 15 is 0 Å². The molecule has 0 aliphatic heterocycles. The van der Waals surface area contributed by atoms with Crippen molar-refractivity contribution in [2.45, 2.75) is 0 Å². The first-order valence-corrected chi connectivity index (χ1v) is 3.85. The van der Waals surface area contributed by atoms with Crippen LogP contribution in [0.2, 0.25) is 0 Å². The summed E-state index contributed by atoms with van der Waals surface area (Å²) in [5, 5.41) is 0. The molecule has 0 unspecified atom stereocenters. The lowest BCUT2D eigenvalue weighted by Crippen LogP contribution is -2.04. The molecule has 0 aromatic heterocycles. The average Bonchev–Trinajstić information content (AvgIpc) is 2.20. The molecule has 0 aromatic rings. The molecule has 0 spiro atoms. The van der Waals surface area contributed by atoms with Crippen LogP contribution in [-0.2, 0) is 19.1 Å². The number of esters is 2. The number of hydrogen-bond donors (Lipinski definition) is 0. The van der Waals surface area contributed by atoms with E-state index in [4.69, 9.17) is 0 Å². The summed E-state index contributed by atoms with van der Waals surface area (Å²) >= 11 is 0. The fourth-order valence-corrected chi connectivity index (χ4v) is 0.477. The lowest BCUT2D eigenvalue weighted by molar-refractivity contribution is -0.139. The second-order valence-corrected chi connectivity index (χ2v) is 2.09. The van der Waals surface area contributed by atoms with Gasteiger partial charge in [0.05, 0.1) is 6.08 Å². The molecular weight excluding hydrogens is 184 g/mol. The van der Waals surface area contributed by atoms with Gasteiger partial charge in [0.1, 0.15) is 13.2 Å². The predicted molar refractivity (Wildman–Crippen MR) is 50.1 cm³/mol. The number of hydrogen-bond acceptors (Lipinski definition) is 4. The molecule has 4 nitrogen and oxygen atoms in total. The third kappa shape index (κ3) is 6.84. The molecule has 0 atom stereocenters. The molecule has 0 fully saturated rings. The monoisotopic (exact) mass is 195 g/mol. The molecule has 1 radical (unpaired) electrons. The zero-order chi connectivity index (χ0) is 10.8. The van der Waals surface area contributed by atoms with E-state index < -0.39 is 11.9 Å². The van der Waals surface area contributed by atoms with Gasteiger partial charge in [-0.2, -0.15) is 0 Å². The molecule has 0 bridgehead atoms. The smallest absolute Gasteiger partial charge is 0.339 e. The Morgan fingerprint density at radius 1 is 1.14 bits per heavy atom. The van der Waals surface area contributed by atoms with Gasteiger partial charge >= 0.3 is 11.9 Å². The maximum atomic E-state index is 10.8. The van der Waals surface area contributed by atoms with Gasteiger partial charge in [0.15, 0.2) is 0 Å². The second-order valence-electron chi connectivity index (χ2n) is 2.09. The lowest BCUT2D eigenvalue weighted by Gasteiger charge is -1.96. The van der Waals surface area contributed by atoms with Crippen molar-refractivity contribution >= 4 is 11.9 Å². The van der Waals surface area contributed by atoms with Crippen molar-refractivity contribution in [3.8, 4) is 0 Å². The van der Waals surface area contributed by atoms with Crippen molar-refractivity contribution in [1.29, 1.82) is 0 Å². The second kappa shape index (κ2) is 7.79. The first kappa shape index (κ1) is 12.2. The molecular formula is C10H11O4. The van der Waals surface area contributed by atoms with Crippen LogP contribution in [0.4, 0.5) is 0 Å². The van der Waals surface area contributed by atoms with Crippen molar-refractivity contribution in [2.24, 2.45) is 0 Å². The minimum absolute atomic E-state index is 0.0847. The summed E-state index contributed by atoms with van der Waals surface area (Å²) in [7, 11) is 0. The molecule has 0 N–H and O–H groups in total. The van der Waals surface area contributed by atoms with Crippen molar-refractivity contribution in [1.82, 2.24) is 0 Å². The highest BCUT2D eigenvalue weighted by atomic mass is 16.5. The van der Waals surface area contributed by atoms with Crippen LogP contribution >= 0.6 is 0 Å². The molecule has 4 heteroatoms. The van der Waals surface area contributed by atoms with Gasteiger partial charge in [-0.1, -0.05) is 25.3 Å². The van der Waals surface area contributed by atoms with E-state index in [1.165, 1.54) is 12.2 Å². The summed E-state index contributed by atoms with van der Waals surface area (Å²) in [5.41, 5.74) is 0. The number of carbonyl (C=O) groups is 2. The molecule has 0 aliphatic carbocycles. The zero-order valence-corrected chi connectivity index (χ0v) is 7.69. The van der Waals surface area contributed by atoms with Gasteiger partial charge in [-0.15, -0.1) is 0 Å². The van der Waals surface area contributed by atoms with Gasteiger partial charge < -0.3 is 9.47 Å². The Bertz CT molecular complexity index is 227. The first-order valence-electron chi connectivity index (χ1n) is 3.85. The third-order valence-electron chi connectivity index (χ3n) is 0.984. The highest BCUT2D eigenvalue weighted by Gasteiger charge is 1.99. The van der Waals surface area contributed by atoms with Gasteiger partial charge in [-0.05, 0) is 0 Å². The molecule has 0 saturated carbocycles. The highest BCUT2D eigenvalue weighted by Crippen LogP contribution is 1.84. The molecule has 0 aliphatic rings. The summed E-state index contributed by atoms with van der Waals surface area (Å²) in [6.07, 6.45) is 5.78. The number of ether oxygens (including phenoxy) is 2. The molecule has 14 heavy (non-hydrogen) atoms. The minimum atomic E-state index is -0.736. The zero-order valence-electron chi connectivity index (χ0n) is 7.69. The van der Waals surface area contributed by atoms with Crippen molar-refractivity contribution in [3.63, 3.8) is 0 Å². The largest absolute Gasteiger partial charge is 0.458 e. The Kier molecular flexibility index (Phi) is 6.77. The van der Waals surface area contributed by atoms with E-state index in [1.54, 1.807) is 0 Å². The average molecular weight is 195 g/mol. The maximum absolute atomic E-state index is 10.8. The summed E-state index contributed by atoms with van der Waals surface area (Å²) in [4.78, 5) is 21.5. The van der Waals surface area contributed by atoms with E-state index in [1.807, 2.05) is 0 Å². The quantitative estimate of drug-likeness (QED) is 0.357. The van der Waals surface area contributed by atoms with Crippen molar-refractivity contribution in [2.75, 3.05) is 13.2 Å². The molecule has 0 heterocycles.